The summed E-state index contributed by atoms with van der Waals surface area (Å²) in [5.41, 5.74) is 0. The van der Waals surface area contributed by atoms with E-state index in [9.17, 15) is 4.79 Å². The lowest BCUT2D eigenvalue weighted by Gasteiger charge is -2.28. The van der Waals surface area contributed by atoms with Gasteiger partial charge in [-0.2, -0.15) is 4.99 Å². The van der Waals surface area contributed by atoms with Crippen molar-refractivity contribution in [1.82, 2.24) is 10.2 Å². The lowest BCUT2D eigenvalue weighted by Crippen LogP contribution is -2.47. The lowest BCUT2D eigenvalue weighted by atomic mass is 10.1. The Morgan fingerprint density at radius 2 is 2.44 bits per heavy atom. The van der Waals surface area contributed by atoms with Crippen LogP contribution in [0.1, 0.15) is 12.8 Å². The van der Waals surface area contributed by atoms with E-state index in [0.717, 1.165) is 12.8 Å². The molecule has 3 aliphatic rings. The summed E-state index contributed by atoms with van der Waals surface area (Å²) >= 11 is 0. The zero-order valence-electron chi connectivity index (χ0n) is 9.67. The van der Waals surface area contributed by atoms with Crippen molar-refractivity contribution in [3.63, 3.8) is 0 Å². The second kappa shape index (κ2) is 4.18. The van der Waals surface area contributed by atoms with E-state index in [1.807, 2.05) is 0 Å². The molecule has 3 heterocycles. The standard InChI is InChI=1S/C11H14N4O3/c12-11-13-9-7(10(17)14-11)3-4-15(9)8-2-1-6(5-16)18-8/h3-4,6-8,16H,1-2,5H2,(H2,12,14,17)/t6-,7?,8+/m0/s1. The minimum atomic E-state index is -0.434. The number of nitrogens with one attached hydrogen (secondary N) is 2. The van der Waals surface area contributed by atoms with E-state index in [1.165, 1.54) is 0 Å². The zero-order valence-corrected chi connectivity index (χ0v) is 9.67. The average molecular weight is 250 g/mol. The Bertz CT molecular complexity index is 459. The fourth-order valence-corrected chi connectivity index (χ4v) is 2.44. The molecule has 3 N–H and O–H groups in total. The van der Waals surface area contributed by atoms with Crippen LogP contribution in [0.2, 0.25) is 0 Å². The van der Waals surface area contributed by atoms with Crippen LogP contribution in [0.15, 0.2) is 17.3 Å². The van der Waals surface area contributed by atoms with Crippen molar-refractivity contribution in [3.8, 4) is 0 Å². The van der Waals surface area contributed by atoms with Gasteiger partial charge in [0.05, 0.1) is 12.7 Å². The number of aliphatic hydroxyl groups is 1. The number of rotatable bonds is 2. The van der Waals surface area contributed by atoms with Gasteiger partial charge < -0.3 is 14.7 Å². The van der Waals surface area contributed by atoms with E-state index < -0.39 is 5.92 Å². The van der Waals surface area contributed by atoms with Gasteiger partial charge in [0, 0.05) is 6.20 Å². The molecule has 18 heavy (non-hydrogen) atoms. The van der Waals surface area contributed by atoms with E-state index in [2.05, 4.69) is 10.3 Å². The molecule has 0 saturated carbocycles. The Hall–Kier alpha value is -1.73. The van der Waals surface area contributed by atoms with Gasteiger partial charge in [0.25, 0.3) is 0 Å². The minimum Gasteiger partial charge on any atom is -0.394 e. The molecule has 0 spiro atoms. The normalized spacial score (nSPS) is 34.6. The van der Waals surface area contributed by atoms with Gasteiger partial charge in [0.15, 0.2) is 0 Å². The van der Waals surface area contributed by atoms with Crippen LogP contribution in [-0.4, -0.2) is 46.6 Å². The van der Waals surface area contributed by atoms with Crippen LogP contribution in [-0.2, 0) is 9.53 Å². The summed E-state index contributed by atoms with van der Waals surface area (Å²) in [5.74, 6) is -0.277. The van der Waals surface area contributed by atoms with E-state index in [4.69, 9.17) is 15.3 Å². The Morgan fingerprint density at radius 1 is 1.61 bits per heavy atom. The zero-order chi connectivity index (χ0) is 12.7. The van der Waals surface area contributed by atoms with E-state index in [0.29, 0.717) is 5.84 Å². The monoisotopic (exact) mass is 250 g/mol. The predicted octanol–water partition coefficient (Wildman–Crippen LogP) is -0.608. The fraction of sp³-hybridized carbons (Fsp3) is 0.545. The van der Waals surface area contributed by atoms with Gasteiger partial charge in [-0.3, -0.25) is 15.5 Å². The molecule has 7 nitrogen and oxygen atoms in total. The van der Waals surface area contributed by atoms with Crippen LogP contribution < -0.4 is 5.32 Å². The van der Waals surface area contributed by atoms with Gasteiger partial charge in [0.1, 0.15) is 18.0 Å². The number of guanidine groups is 1. The molecule has 0 aromatic rings. The Labute approximate surface area is 104 Å². The van der Waals surface area contributed by atoms with E-state index in [-0.39, 0.29) is 30.8 Å². The molecule has 1 unspecified atom stereocenters. The number of amidine groups is 1. The molecule has 0 aromatic carbocycles. The fourth-order valence-electron chi connectivity index (χ4n) is 2.44. The van der Waals surface area contributed by atoms with Crippen molar-refractivity contribution in [3.05, 3.63) is 12.3 Å². The summed E-state index contributed by atoms with van der Waals surface area (Å²) in [5, 5.41) is 18.9. The number of hydrogen-bond acceptors (Lipinski definition) is 5. The Morgan fingerprint density at radius 3 is 3.17 bits per heavy atom. The number of aliphatic imine (C=N–C) groups is 1. The van der Waals surface area contributed by atoms with Gasteiger partial charge >= 0.3 is 0 Å². The molecule has 3 aliphatic heterocycles. The number of carbonyl (C=O) groups excluding carboxylic acids is 1. The van der Waals surface area contributed by atoms with Crippen molar-refractivity contribution >= 4 is 17.7 Å². The number of amides is 1. The topological polar surface area (TPSA) is 98.0 Å². The summed E-state index contributed by atoms with van der Waals surface area (Å²) < 4.78 is 5.66. The SMILES string of the molecule is N=C1N=C2C(C=CN2[C@H]2CC[C@@H](CO)O2)C(=O)N1. The van der Waals surface area contributed by atoms with Crippen LogP contribution >= 0.6 is 0 Å². The van der Waals surface area contributed by atoms with Gasteiger partial charge in [0.2, 0.25) is 11.9 Å². The van der Waals surface area contributed by atoms with Crippen LogP contribution in [0, 0.1) is 11.3 Å². The molecule has 1 fully saturated rings. The van der Waals surface area contributed by atoms with Gasteiger partial charge in [-0.15, -0.1) is 0 Å². The molecule has 0 radical (unpaired) electrons. The number of ether oxygens (including phenoxy) is 1. The van der Waals surface area contributed by atoms with Crippen molar-refractivity contribution in [2.75, 3.05) is 6.61 Å². The molecule has 0 aliphatic carbocycles. The van der Waals surface area contributed by atoms with Crippen molar-refractivity contribution < 1.29 is 14.6 Å². The number of fused-ring (bicyclic) bond motifs is 1. The Kier molecular flexibility index (Phi) is 2.64. The molecule has 96 valence electrons. The molecule has 7 heteroatoms. The first-order valence-corrected chi connectivity index (χ1v) is 5.90. The van der Waals surface area contributed by atoms with Crippen LogP contribution in [0.4, 0.5) is 0 Å². The van der Waals surface area contributed by atoms with Crippen LogP contribution in [0.25, 0.3) is 0 Å². The van der Waals surface area contributed by atoms with Crippen molar-refractivity contribution in [1.29, 1.82) is 5.41 Å². The number of carbonyl (C=O) groups is 1. The quantitative estimate of drug-likeness (QED) is 0.609. The molecule has 3 rings (SSSR count). The predicted molar refractivity (Wildman–Crippen MR) is 62.8 cm³/mol. The maximum atomic E-state index is 11.7. The third kappa shape index (κ3) is 1.72. The minimum absolute atomic E-state index is 0.000263. The third-order valence-corrected chi connectivity index (χ3v) is 3.33. The molecule has 1 saturated heterocycles. The highest BCUT2D eigenvalue weighted by atomic mass is 16.5. The number of hydrogen-bond donors (Lipinski definition) is 3. The summed E-state index contributed by atoms with van der Waals surface area (Å²) in [7, 11) is 0. The van der Waals surface area contributed by atoms with E-state index in [1.54, 1.807) is 17.2 Å². The Balaban J connectivity index is 1.81. The van der Waals surface area contributed by atoms with Gasteiger partial charge in [-0.25, -0.2) is 0 Å². The van der Waals surface area contributed by atoms with Crippen LogP contribution in [0.5, 0.6) is 0 Å². The molecule has 3 atom stereocenters. The summed E-state index contributed by atoms with van der Waals surface area (Å²) in [6.45, 7) is 0.000263. The number of nitrogens with zero attached hydrogens (tertiary/aromatic N) is 2. The summed E-state index contributed by atoms with van der Waals surface area (Å²) in [6, 6.07) is 0. The first-order valence-electron chi connectivity index (χ1n) is 5.90. The van der Waals surface area contributed by atoms with Crippen LogP contribution in [0.3, 0.4) is 0 Å². The number of aliphatic hydroxyl groups excluding tert-OH is 1. The molecule has 0 bridgehead atoms. The molecule has 1 amide bonds. The second-order valence-corrected chi connectivity index (χ2v) is 4.51. The summed E-state index contributed by atoms with van der Waals surface area (Å²) in [6.07, 6.45) is 4.71. The average Bonchev–Trinajstić information content (AvgIpc) is 2.93. The largest absolute Gasteiger partial charge is 0.394 e. The van der Waals surface area contributed by atoms with Gasteiger partial charge in [-0.1, -0.05) is 0 Å². The highest BCUT2D eigenvalue weighted by Gasteiger charge is 2.40. The second-order valence-electron chi connectivity index (χ2n) is 4.51. The maximum absolute atomic E-state index is 11.7. The smallest absolute Gasteiger partial charge is 0.241 e. The molecular weight excluding hydrogens is 236 g/mol. The lowest BCUT2D eigenvalue weighted by molar-refractivity contribution is -0.120. The van der Waals surface area contributed by atoms with Gasteiger partial charge in [-0.05, 0) is 18.9 Å². The molecular formula is C11H14N4O3. The highest BCUT2D eigenvalue weighted by molar-refractivity contribution is 6.18. The maximum Gasteiger partial charge on any atom is 0.241 e. The van der Waals surface area contributed by atoms with E-state index >= 15 is 0 Å². The van der Waals surface area contributed by atoms with Crippen molar-refractivity contribution in [2.24, 2.45) is 10.9 Å². The van der Waals surface area contributed by atoms with Crippen molar-refractivity contribution in [2.45, 2.75) is 25.2 Å². The third-order valence-electron chi connectivity index (χ3n) is 3.33. The molecule has 0 aromatic heterocycles. The first kappa shape index (κ1) is 11.4. The first-order chi connectivity index (χ1) is 8.69. The summed E-state index contributed by atoms with van der Waals surface area (Å²) in [4.78, 5) is 17.5. The highest BCUT2D eigenvalue weighted by Crippen LogP contribution is 2.29.